The number of benzene rings is 3. The number of aliphatic carboxylic acids is 1. The maximum atomic E-state index is 12.7. The zero-order chi connectivity index (χ0) is 27.1. The summed E-state index contributed by atoms with van der Waals surface area (Å²) in [6.45, 7) is 1.76. The highest BCUT2D eigenvalue weighted by molar-refractivity contribution is 6.31. The van der Waals surface area contributed by atoms with E-state index in [4.69, 9.17) is 20.9 Å². The number of anilines is 1. The van der Waals surface area contributed by atoms with Gasteiger partial charge in [0.25, 0.3) is 0 Å². The molecule has 2 N–H and O–H groups in total. The van der Waals surface area contributed by atoms with Gasteiger partial charge in [-0.15, -0.1) is 0 Å². The highest BCUT2D eigenvalue weighted by Crippen LogP contribution is 2.49. The second-order valence-corrected chi connectivity index (χ2v) is 10.6. The lowest BCUT2D eigenvalue weighted by Crippen LogP contribution is -2.19. The van der Waals surface area contributed by atoms with E-state index < -0.39 is 23.6 Å². The van der Waals surface area contributed by atoms with Crippen molar-refractivity contribution in [3.05, 3.63) is 94.1 Å². The van der Waals surface area contributed by atoms with Crippen molar-refractivity contribution in [3.8, 4) is 22.5 Å². The number of hydrogen-bond donors (Lipinski definition) is 2. The molecule has 3 aromatic carbocycles. The number of carbonyl (C=O) groups is 2. The van der Waals surface area contributed by atoms with Gasteiger partial charge in [-0.3, -0.25) is 10.1 Å². The third-order valence-electron chi connectivity index (χ3n) is 7.87. The Morgan fingerprint density at radius 3 is 2.41 bits per heavy atom. The summed E-state index contributed by atoms with van der Waals surface area (Å²) in [5.74, 6) is -0.270. The van der Waals surface area contributed by atoms with Crippen LogP contribution in [0.25, 0.3) is 22.5 Å². The molecular formula is C31H27ClN2O5. The number of carboxylic acid groups (broad SMARTS) is 1. The number of hydrogen-bond acceptors (Lipinski definition) is 5. The summed E-state index contributed by atoms with van der Waals surface area (Å²) in [6, 6.07) is 19.2. The van der Waals surface area contributed by atoms with Crippen molar-refractivity contribution in [2.24, 2.45) is 0 Å². The molecule has 4 aromatic rings. The maximum absolute atomic E-state index is 12.7. The number of ether oxygens (including phenoxy) is 1. The van der Waals surface area contributed by atoms with Gasteiger partial charge in [-0.05, 0) is 72.9 Å². The fraction of sp³-hybridized carbons (Fsp3) is 0.258. The fourth-order valence-corrected chi connectivity index (χ4v) is 5.89. The lowest BCUT2D eigenvalue weighted by atomic mass is 9.90. The van der Waals surface area contributed by atoms with Crippen LogP contribution in [0.2, 0.25) is 5.02 Å². The first-order valence-electron chi connectivity index (χ1n) is 13.0. The van der Waals surface area contributed by atoms with E-state index in [9.17, 15) is 14.7 Å². The van der Waals surface area contributed by atoms with Gasteiger partial charge in [-0.25, -0.2) is 4.79 Å². The fourth-order valence-electron chi connectivity index (χ4n) is 5.60. The molecule has 0 aliphatic heterocycles. The molecule has 0 saturated heterocycles. The Kier molecular flexibility index (Phi) is 6.39. The number of amides is 1. The van der Waals surface area contributed by atoms with E-state index in [1.807, 2.05) is 48.5 Å². The van der Waals surface area contributed by atoms with Crippen LogP contribution in [0.1, 0.15) is 54.5 Å². The van der Waals surface area contributed by atoms with Gasteiger partial charge in [0, 0.05) is 16.1 Å². The van der Waals surface area contributed by atoms with Gasteiger partial charge >= 0.3 is 12.1 Å². The smallest absolute Gasteiger partial charge is 0.412 e. The summed E-state index contributed by atoms with van der Waals surface area (Å²) in [5.41, 5.74) is 6.76. The van der Waals surface area contributed by atoms with E-state index in [1.165, 1.54) is 17.3 Å². The minimum atomic E-state index is -0.751. The molecular weight excluding hydrogens is 516 g/mol. The number of carbonyl (C=O) groups excluding carboxylic acids is 1. The van der Waals surface area contributed by atoms with E-state index in [0.29, 0.717) is 29.3 Å². The third kappa shape index (κ3) is 4.57. The van der Waals surface area contributed by atoms with Gasteiger partial charge in [0.1, 0.15) is 11.8 Å². The van der Waals surface area contributed by atoms with Gasteiger partial charge in [-0.2, -0.15) is 0 Å². The molecule has 2 aliphatic rings. The quantitative estimate of drug-likeness (QED) is 0.249. The van der Waals surface area contributed by atoms with Crippen molar-refractivity contribution >= 4 is 29.4 Å². The molecule has 39 heavy (non-hydrogen) atoms. The van der Waals surface area contributed by atoms with Crippen LogP contribution in [0.3, 0.4) is 0 Å². The Balaban J connectivity index is 1.24. The molecule has 8 heteroatoms. The molecule has 1 heterocycles. The van der Waals surface area contributed by atoms with Gasteiger partial charge in [0.2, 0.25) is 0 Å². The van der Waals surface area contributed by atoms with Crippen LogP contribution in [0, 0.1) is 0 Å². The summed E-state index contributed by atoms with van der Waals surface area (Å²) in [5, 5.41) is 16.9. The van der Waals surface area contributed by atoms with Crippen molar-refractivity contribution in [2.45, 2.75) is 50.5 Å². The standard InChI is InChI=1S/C31H27ClN2O5/c1-18(21-5-2-3-8-26(21)32)38-30(37)34-27-17-33-39-28(27)25-14-13-22(23-6-4-7-24(23)25)19-9-11-20(12-10-19)31(15-16-31)29(35)36/h2-3,5,8-14,17-18H,4,6-7,15-16H2,1H3,(H,34,37)(H,35,36). The molecule has 1 fully saturated rings. The Hall–Kier alpha value is -4.10. The van der Waals surface area contributed by atoms with Crippen LogP contribution >= 0.6 is 11.6 Å². The number of fused-ring (bicyclic) bond motifs is 1. The minimum Gasteiger partial charge on any atom is -0.481 e. The van der Waals surface area contributed by atoms with Gasteiger partial charge in [0.05, 0.1) is 11.6 Å². The summed E-state index contributed by atoms with van der Waals surface area (Å²) in [7, 11) is 0. The summed E-state index contributed by atoms with van der Waals surface area (Å²) >= 11 is 6.24. The van der Waals surface area contributed by atoms with Crippen molar-refractivity contribution in [2.75, 3.05) is 5.32 Å². The molecule has 6 rings (SSSR count). The van der Waals surface area contributed by atoms with E-state index >= 15 is 0 Å². The zero-order valence-corrected chi connectivity index (χ0v) is 22.1. The zero-order valence-electron chi connectivity index (χ0n) is 21.4. The average molecular weight is 543 g/mol. The molecule has 0 radical (unpaired) electrons. The molecule has 1 aromatic heterocycles. The predicted molar refractivity (Wildman–Crippen MR) is 148 cm³/mol. The largest absolute Gasteiger partial charge is 0.481 e. The average Bonchev–Trinajstić information content (AvgIpc) is 3.38. The van der Waals surface area contributed by atoms with Crippen molar-refractivity contribution < 1.29 is 24.0 Å². The van der Waals surface area contributed by atoms with E-state index in [0.717, 1.165) is 47.1 Å². The molecule has 0 bridgehead atoms. The molecule has 0 spiro atoms. The number of nitrogens with one attached hydrogen (secondary N) is 1. The van der Waals surface area contributed by atoms with Crippen LogP contribution in [0.15, 0.2) is 71.4 Å². The van der Waals surface area contributed by atoms with Gasteiger partial charge < -0.3 is 14.4 Å². The van der Waals surface area contributed by atoms with Gasteiger partial charge in [0.15, 0.2) is 5.76 Å². The van der Waals surface area contributed by atoms with Gasteiger partial charge in [-0.1, -0.05) is 71.4 Å². The SMILES string of the molecule is CC(OC(=O)Nc1cnoc1-c1ccc(-c2ccc(C3(C(=O)O)CC3)cc2)c2c1CCC2)c1ccccc1Cl. The normalized spacial score (nSPS) is 15.8. The number of nitrogens with zero attached hydrogens (tertiary/aromatic N) is 1. The monoisotopic (exact) mass is 542 g/mol. The molecule has 198 valence electrons. The predicted octanol–water partition coefficient (Wildman–Crippen LogP) is 7.58. The maximum Gasteiger partial charge on any atom is 0.412 e. The first kappa shape index (κ1) is 25.2. The molecule has 7 nitrogen and oxygen atoms in total. The minimum absolute atomic E-state index is 0.431. The summed E-state index contributed by atoms with van der Waals surface area (Å²) < 4.78 is 11.2. The van der Waals surface area contributed by atoms with E-state index in [2.05, 4.69) is 16.5 Å². The number of carboxylic acids is 1. The number of rotatable bonds is 7. The van der Waals surface area contributed by atoms with Crippen molar-refractivity contribution in [1.29, 1.82) is 0 Å². The summed E-state index contributed by atoms with van der Waals surface area (Å²) in [4.78, 5) is 24.4. The van der Waals surface area contributed by atoms with Crippen LogP contribution in [-0.2, 0) is 27.8 Å². The van der Waals surface area contributed by atoms with Crippen LogP contribution in [0.5, 0.6) is 0 Å². The molecule has 1 unspecified atom stereocenters. The molecule has 1 amide bonds. The lowest BCUT2D eigenvalue weighted by Gasteiger charge is -2.16. The van der Waals surface area contributed by atoms with Crippen molar-refractivity contribution in [1.82, 2.24) is 5.16 Å². The first-order chi connectivity index (χ1) is 18.9. The molecule has 1 atom stereocenters. The Morgan fingerprint density at radius 2 is 1.72 bits per heavy atom. The second kappa shape index (κ2) is 9.89. The van der Waals surface area contributed by atoms with E-state index in [-0.39, 0.29) is 0 Å². The Morgan fingerprint density at radius 1 is 1.03 bits per heavy atom. The third-order valence-corrected chi connectivity index (χ3v) is 8.22. The lowest BCUT2D eigenvalue weighted by molar-refractivity contribution is -0.140. The molecule has 2 aliphatic carbocycles. The number of halogens is 1. The van der Waals surface area contributed by atoms with Crippen LogP contribution in [0.4, 0.5) is 10.5 Å². The molecule has 1 saturated carbocycles. The Bertz CT molecular complexity index is 1570. The van der Waals surface area contributed by atoms with E-state index in [1.54, 1.807) is 13.0 Å². The van der Waals surface area contributed by atoms with Crippen LogP contribution < -0.4 is 5.32 Å². The first-order valence-corrected chi connectivity index (χ1v) is 13.4. The highest BCUT2D eigenvalue weighted by Gasteiger charge is 2.51. The highest BCUT2D eigenvalue weighted by atomic mass is 35.5. The topological polar surface area (TPSA) is 102 Å². The Labute approximate surface area is 230 Å². The summed E-state index contributed by atoms with van der Waals surface area (Å²) in [6.07, 6.45) is 4.49. The number of aromatic nitrogens is 1. The van der Waals surface area contributed by atoms with Crippen molar-refractivity contribution in [3.63, 3.8) is 0 Å². The van der Waals surface area contributed by atoms with Crippen LogP contribution in [-0.4, -0.2) is 22.3 Å². The second-order valence-electron chi connectivity index (χ2n) is 10.2.